The van der Waals surface area contributed by atoms with E-state index in [1.54, 1.807) is 6.92 Å². The average molecular weight is 314 g/mol. The Morgan fingerprint density at radius 2 is 1.96 bits per heavy atom. The third-order valence-corrected chi connectivity index (χ3v) is 3.50. The summed E-state index contributed by atoms with van der Waals surface area (Å²) < 4.78 is 10.0. The summed E-state index contributed by atoms with van der Waals surface area (Å²) in [5.41, 5.74) is 6.60. The Labute approximate surface area is 132 Å². The van der Waals surface area contributed by atoms with E-state index in [1.165, 1.54) is 31.4 Å². The van der Waals surface area contributed by atoms with Crippen LogP contribution in [0.5, 0.6) is 0 Å². The van der Waals surface area contributed by atoms with Gasteiger partial charge < -0.3 is 20.3 Å². The van der Waals surface area contributed by atoms with Crippen LogP contribution >= 0.6 is 0 Å². The number of carboxylic acids is 1. The number of nitrogens with zero attached hydrogens (tertiary/aromatic N) is 1. The highest BCUT2D eigenvalue weighted by atomic mass is 16.5. The van der Waals surface area contributed by atoms with Crippen LogP contribution in [0.15, 0.2) is 47.1 Å². The fraction of sp³-hybridized carbons (Fsp3) is 0.188. The van der Waals surface area contributed by atoms with Crippen molar-refractivity contribution in [3.63, 3.8) is 0 Å². The van der Waals surface area contributed by atoms with Crippen molar-refractivity contribution in [2.75, 3.05) is 7.11 Å². The lowest BCUT2D eigenvalue weighted by molar-refractivity contribution is -0.136. The molecule has 0 radical (unpaired) electrons. The number of nitrogens with two attached hydrogens (primary N) is 1. The predicted octanol–water partition coefficient (Wildman–Crippen LogP) is 1.64. The molecular formula is C16H14N2O5. The molecular weight excluding hydrogens is 300 g/mol. The molecule has 0 bridgehead atoms. The SMILES string of the molecule is COC(=O)C1=C(C)OC(N)=C(C#N)C1c1ccc(C(=O)O)cc1. The quantitative estimate of drug-likeness (QED) is 0.813. The molecule has 1 aliphatic rings. The number of nitriles is 1. The summed E-state index contributed by atoms with van der Waals surface area (Å²) >= 11 is 0. The van der Waals surface area contributed by atoms with Gasteiger partial charge in [-0.25, -0.2) is 9.59 Å². The molecule has 1 aromatic rings. The second kappa shape index (κ2) is 6.23. The zero-order chi connectivity index (χ0) is 17.1. The second-order valence-electron chi connectivity index (χ2n) is 4.81. The van der Waals surface area contributed by atoms with Gasteiger partial charge in [0.1, 0.15) is 17.4 Å². The Morgan fingerprint density at radius 1 is 1.35 bits per heavy atom. The number of carboxylic acid groups (broad SMARTS) is 1. The first-order valence-electron chi connectivity index (χ1n) is 6.60. The number of carbonyl (C=O) groups excluding carboxylic acids is 1. The molecule has 2 rings (SSSR count). The Morgan fingerprint density at radius 3 is 2.43 bits per heavy atom. The van der Waals surface area contributed by atoms with E-state index in [9.17, 15) is 14.9 Å². The number of ether oxygens (including phenoxy) is 2. The van der Waals surface area contributed by atoms with Crippen LogP contribution < -0.4 is 5.73 Å². The van der Waals surface area contributed by atoms with Crippen molar-refractivity contribution >= 4 is 11.9 Å². The maximum atomic E-state index is 12.1. The van der Waals surface area contributed by atoms with Gasteiger partial charge in [-0.15, -0.1) is 0 Å². The minimum absolute atomic E-state index is 0.0686. The topological polar surface area (TPSA) is 123 Å². The van der Waals surface area contributed by atoms with E-state index >= 15 is 0 Å². The Balaban J connectivity index is 2.60. The zero-order valence-corrected chi connectivity index (χ0v) is 12.5. The normalized spacial score (nSPS) is 17.3. The van der Waals surface area contributed by atoms with Gasteiger partial charge in [-0.3, -0.25) is 0 Å². The average Bonchev–Trinajstić information content (AvgIpc) is 2.53. The molecule has 7 nitrogen and oxygen atoms in total. The van der Waals surface area contributed by atoms with Crippen molar-refractivity contribution in [3.05, 3.63) is 58.2 Å². The van der Waals surface area contributed by atoms with Gasteiger partial charge in [0.15, 0.2) is 0 Å². The maximum Gasteiger partial charge on any atom is 0.338 e. The van der Waals surface area contributed by atoms with E-state index in [1.807, 2.05) is 6.07 Å². The van der Waals surface area contributed by atoms with Crippen molar-refractivity contribution in [1.82, 2.24) is 0 Å². The molecule has 1 atom stereocenters. The summed E-state index contributed by atoms with van der Waals surface area (Å²) in [6.07, 6.45) is 0. The smallest absolute Gasteiger partial charge is 0.338 e. The number of esters is 1. The molecule has 1 heterocycles. The van der Waals surface area contributed by atoms with Gasteiger partial charge in [0, 0.05) is 0 Å². The lowest BCUT2D eigenvalue weighted by Crippen LogP contribution is -2.25. The number of benzene rings is 1. The molecule has 23 heavy (non-hydrogen) atoms. The number of methoxy groups -OCH3 is 1. The molecule has 0 saturated heterocycles. The molecule has 0 spiro atoms. The van der Waals surface area contributed by atoms with Gasteiger partial charge in [0.25, 0.3) is 0 Å². The molecule has 0 fully saturated rings. The van der Waals surface area contributed by atoms with Crippen LogP contribution in [0.2, 0.25) is 0 Å². The van der Waals surface area contributed by atoms with Crippen LogP contribution in [0.25, 0.3) is 0 Å². The van der Waals surface area contributed by atoms with E-state index in [-0.39, 0.29) is 28.4 Å². The van der Waals surface area contributed by atoms with E-state index < -0.39 is 17.9 Å². The fourth-order valence-corrected chi connectivity index (χ4v) is 2.41. The summed E-state index contributed by atoms with van der Waals surface area (Å²) in [7, 11) is 1.22. The highest BCUT2D eigenvalue weighted by Gasteiger charge is 2.36. The van der Waals surface area contributed by atoms with Crippen molar-refractivity contribution in [3.8, 4) is 6.07 Å². The third kappa shape index (κ3) is 2.87. The zero-order valence-electron chi connectivity index (χ0n) is 12.5. The lowest BCUT2D eigenvalue weighted by Gasteiger charge is -2.26. The molecule has 0 aliphatic carbocycles. The Kier molecular flexibility index (Phi) is 4.37. The minimum atomic E-state index is -1.07. The fourth-order valence-electron chi connectivity index (χ4n) is 2.41. The number of allylic oxidation sites excluding steroid dienone is 2. The lowest BCUT2D eigenvalue weighted by atomic mass is 9.83. The highest BCUT2D eigenvalue weighted by molar-refractivity contribution is 5.92. The van der Waals surface area contributed by atoms with Crippen LogP contribution in [0.3, 0.4) is 0 Å². The van der Waals surface area contributed by atoms with E-state index in [2.05, 4.69) is 0 Å². The molecule has 0 aromatic heterocycles. The minimum Gasteiger partial charge on any atom is -0.478 e. The number of aromatic carboxylic acids is 1. The highest BCUT2D eigenvalue weighted by Crippen LogP contribution is 2.39. The molecule has 1 unspecified atom stereocenters. The standard InChI is InChI=1S/C16H14N2O5/c1-8-12(16(21)22-2)13(11(7-17)14(18)23-8)9-3-5-10(6-4-9)15(19)20/h3-6,13H,18H2,1-2H3,(H,19,20). The third-order valence-electron chi connectivity index (χ3n) is 3.50. The summed E-state index contributed by atoms with van der Waals surface area (Å²) in [5.74, 6) is -2.34. The largest absolute Gasteiger partial charge is 0.478 e. The van der Waals surface area contributed by atoms with Crippen molar-refractivity contribution in [2.24, 2.45) is 5.73 Å². The van der Waals surface area contributed by atoms with Crippen LogP contribution in [-0.2, 0) is 14.3 Å². The van der Waals surface area contributed by atoms with Gasteiger partial charge in [-0.2, -0.15) is 5.26 Å². The monoisotopic (exact) mass is 314 g/mol. The van der Waals surface area contributed by atoms with E-state index in [0.717, 1.165) is 0 Å². The van der Waals surface area contributed by atoms with E-state index in [0.29, 0.717) is 5.56 Å². The van der Waals surface area contributed by atoms with Gasteiger partial charge in [-0.05, 0) is 24.6 Å². The van der Waals surface area contributed by atoms with Crippen LogP contribution in [-0.4, -0.2) is 24.2 Å². The van der Waals surface area contributed by atoms with Crippen LogP contribution in [0.4, 0.5) is 0 Å². The molecule has 118 valence electrons. The molecule has 7 heteroatoms. The summed E-state index contributed by atoms with van der Waals surface area (Å²) in [6.45, 7) is 1.55. The number of hydrogen-bond acceptors (Lipinski definition) is 6. The first kappa shape index (κ1) is 16.1. The predicted molar refractivity (Wildman–Crippen MR) is 78.8 cm³/mol. The van der Waals surface area contributed by atoms with Crippen molar-refractivity contribution in [2.45, 2.75) is 12.8 Å². The molecule has 3 N–H and O–H groups in total. The summed E-state index contributed by atoms with van der Waals surface area (Å²) in [4.78, 5) is 23.0. The molecule has 1 aromatic carbocycles. The van der Waals surface area contributed by atoms with Crippen molar-refractivity contribution < 1.29 is 24.2 Å². The first-order valence-corrected chi connectivity index (χ1v) is 6.60. The first-order chi connectivity index (χ1) is 10.9. The summed E-state index contributed by atoms with van der Waals surface area (Å²) in [6, 6.07) is 7.78. The number of carbonyl (C=O) groups is 2. The number of hydrogen-bond donors (Lipinski definition) is 2. The molecule has 0 amide bonds. The van der Waals surface area contributed by atoms with E-state index in [4.69, 9.17) is 20.3 Å². The number of rotatable bonds is 3. The van der Waals surface area contributed by atoms with Crippen LogP contribution in [0.1, 0.15) is 28.8 Å². The Bertz CT molecular complexity index is 769. The Hall–Kier alpha value is -3.27. The summed E-state index contributed by atoms with van der Waals surface area (Å²) in [5, 5.41) is 18.3. The van der Waals surface area contributed by atoms with Gasteiger partial charge >= 0.3 is 11.9 Å². The molecule has 0 saturated carbocycles. The second-order valence-corrected chi connectivity index (χ2v) is 4.81. The van der Waals surface area contributed by atoms with Crippen LogP contribution in [0, 0.1) is 11.3 Å². The maximum absolute atomic E-state index is 12.1. The van der Waals surface area contributed by atoms with Gasteiger partial charge in [0.05, 0.1) is 24.2 Å². The van der Waals surface area contributed by atoms with Gasteiger partial charge in [0.2, 0.25) is 5.88 Å². The van der Waals surface area contributed by atoms with Gasteiger partial charge in [-0.1, -0.05) is 12.1 Å². The molecule has 1 aliphatic heterocycles. The van der Waals surface area contributed by atoms with Crippen molar-refractivity contribution in [1.29, 1.82) is 5.26 Å².